The van der Waals surface area contributed by atoms with Crippen LogP contribution in [0.3, 0.4) is 0 Å². The SMILES string of the molecule is Cc1ccccc1Cc1nc(Cc2ccccc2C)nc(Oc2ccccc2)n1. The van der Waals surface area contributed by atoms with Gasteiger partial charge in [-0.3, -0.25) is 0 Å². The van der Waals surface area contributed by atoms with Crippen LogP contribution < -0.4 is 4.74 Å². The smallest absolute Gasteiger partial charge is 0.325 e. The maximum absolute atomic E-state index is 5.93. The Morgan fingerprint density at radius 3 is 1.59 bits per heavy atom. The highest BCUT2D eigenvalue weighted by atomic mass is 16.5. The van der Waals surface area contributed by atoms with Crippen LogP contribution in [0.4, 0.5) is 0 Å². The molecule has 3 aromatic carbocycles. The average Bonchev–Trinajstić information content (AvgIpc) is 2.72. The number of aryl methyl sites for hydroxylation is 2. The summed E-state index contributed by atoms with van der Waals surface area (Å²) in [5, 5.41) is 0. The lowest BCUT2D eigenvalue weighted by Gasteiger charge is -2.10. The zero-order valence-corrected chi connectivity index (χ0v) is 16.7. The first kappa shape index (κ1) is 18.8. The molecule has 0 aliphatic carbocycles. The standard InChI is InChI=1S/C25H23N3O/c1-18-10-6-8-12-20(18)16-23-26-24(17-21-13-9-7-11-19(21)2)28-25(27-23)29-22-14-4-3-5-15-22/h3-15H,16-17H2,1-2H3. The van der Waals surface area contributed by atoms with Gasteiger partial charge in [-0.2, -0.15) is 9.97 Å². The second-order valence-electron chi connectivity index (χ2n) is 7.07. The van der Waals surface area contributed by atoms with E-state index in [9.17, 15) is 0 Å². The molecule has 0 N–H and O–H groups in total. The first-order chi connectivity index (χ1) is 14.2. The van der Waals surface area contributed by atoms with Crippen LogP contribution in [-0.2, 0) is 12.8 Å². The molecule has 1 heterocycles. The summed E-state index contributed by atoms with van der Waals surface area (Å²) >= 11 is 0. The fraction of sp³-hybridized carbons (Fsp3) is 0.160. The van der Waals surface area contributed by atoms with Crippen molar-refractivity contribution < 1.29 is 4.74 Å². The molecule has 4 rings (SSSR count). The van der Waals surface area contributed by atoms with Crippen LogP contribution in [0.5, 0.6) is 11.8 Å². The predicted octanol–water partition coefficient (Wildman–Crippen LogP) is 5.46. The summed E-state index contributed by atoms with van der Waals surface area (Å²) in [6.45, 7) is 4.21. The number of hydrogen-bond acceptors (Lipinski definition) is 4. The van der Waals surface area contributed by atoms with E-state index < -0.39 is 0 Å². The largest absolute Gasteiger partial charge is 0.424 e. The van der Waals surface area contributed by atoms with Gasteiger partial charge in [0.25, 0.3) is 0 Å². The van der Waals surface area contributed by atoms with Crippen molar-refractivity contribution in [3.63, 3.8) is 0 Å². The van der Waals surface area contributed by atoms with Crippen LogP contribution in [0.2, 0.25) is 0 Å². The number of ether oxygens (including phenoxy) is 1. The molecule has 0 saturated carbocycles. The van der Waals surface area contributed by atoms with E-state index in [1.165, 1.54) is 22.3 Å². The van der Waals surface area contributed by atoms with Gasteiger partial charge < -0.3 is 4.74 Å². The van der Waals surface area contributed by atoms with E-state index in [2.05, 4.69) is 48.1 Å². The molecule has 0 bridgehead atoms. The highest BCUT2D eigenvalue weighted by Crippen LogP contribution is 2.20. The molecule has 0 fully saturated rings. The topological polar surface area (TPSA) is 47.9 Å². The third kappa shape index (κ3) is 4.85. The first-order valence-corrected chi connectivity index (χ1v) is 9.73. The minimum atomic E-state index is 0.332. The molecule has 29 heavy (non-hydrogen) atoms. The minimum Gasteiger partial charge on any atom is -0.424 e. The Bertz CT molecular complexity index is 1040. The van der Waals surface area contributed by atoms with Gasteiger partial charge in [-0.15, -0.1) is 0 Å². The van der Waals surface area contributed by atoms with Gasteiger partial charge in [-0.1, -0.05) is 66.7 Å². The van der Waals surface area contributed by atoms with Crippen molar-refractivity contribution in [2.24, 2.45) is 0 Å². The number of hydrogen-bond donors (Lipinski definition) is 0. The molecule has 0 atom stereocenters. The molecule has 0 radical (unpaired) electrons. The maximum atomic E-state index is 5.93. The summed E-state index contributed by atoms with van der Waals surface area (Å²) < 4.78 is 5.93. The van der Waals surface area contributed by atoms with Crippen molar-refractivity contribution in [1.82, 2.24) is 15.0 Å². The summed E-state index contributed by atoms with van der Waals surface area (Å²) in [6.07, 6.45) is 1.28. The van der Waals surface area contributed by atoms with E-state index in [1.54, 1.807) is 0 Å². The Hall–Kier alpha value is -3.53. The van der Waals surface area contributed by atoms with Crippen LogP contribution in [0, 0.1) is 13.8 Å². The van der Waals surface area contributed by atoms with Gasteiger partial charge >= 0.3 is 6.01 Å². The summed E-state index contributed by atoms with van der Waals surface area (Å²) in [4.78, 5) is 13.9. The van der Waals surface area contributed by atoms with E-state index >= 15 is 0 Å². The van der Waals surface area contributed by atoms with Gasteiger partial charge in [0.2, 0.25) is 0 Å². The quantitative estimate of drug-likeness (QED) is 0.445. The molecule has 4 heteroatoms. The van der Waals surface area contributed by atoms with Crippen molar-refractivity contribution in [2.75, 3.05) is 0 Å². The molecule has 1 aromatic heterocycles. The van der Waals surface area contributed by atoms with E-state index in [0.29, 0.717) is 36.3 Å². The van der Waals surface area contributed by atoms with Crippen molar-refractivity contribution in [2.45, 2.75) is 26.7 Å². The highest BCUT2D eigenvalue weighted by molar-refractivity contribution is 5.31. The zero-order valence-electron chi connectivity index (χ0n) is 16.7. The minimum absolute atomic E-state index is 0.332. The molecule has 0 unspecified atom stereocenters. The number of aromatic nitrogens is 3. The van der Waals surface area contributed by atoms with E-state index in [0.717, 1.165) is 0 Å². The second-order valence-corrected chi connectivity index (χ2v) is 7.07. The van der Waals surface area contributed by atoms with Gasteiger partial charge in [0.15, 0.2) is 0 Å². The number of rotatable bonds is 6. The van der Waals surface area contributed by atoms with Crippen molar-refractivity contribution in [3.05, 3.63) is 113 Å². The third-order valence-electron chi connectivity index (χ3n) is 4.88. The molecule has 0 amide bonds. The van der Waals surface area contributed by atoms with Gasteiger partial charge in [-0.05, 0) is 48.2 Å². The fourth-order valence-corrected chi connectivity index (χ4v) is 3.20. The fourth-order valence-electron chi connectivity index (χ4n) is 3.20. The van der Waals surface area contributed by atoms with Crippen LogP contribution in [0.1, 0.15) is 33.9 Å². The number of nitrogens with zero attached hydrogens (tertiary/aromatic N) is 3. The Balaban J connectivity index is 1.68. The Morgan fingerprint density at radius 1 is 0.586 bits per heavy atom. The predicted molar refractivity (Wildman–Crippen MR) is 114 cm³/mol. The molecular weight excluding hydrogens is 358 g/mol. The van der Waals surface area contributed by atoms with Gasteiger partial charge in [0, 0.05) is 12.8 Å². The molecule has 0 spiro atoms. The van der Waals surface area contributed by atoms with Gasteiger partial charge in [0.05, 0.1) is 0 Å². The summed E-state index contributed by atoms with van der Waals surface area (Å²) in [7, 11) is 0. The van der Waals surface area contributed by atoms with Crippen molar-refractivity contribution in [3.8, 4) is 11.8 Å². The molecular formula is C25H23N3O. The van der Waals surface area contributed by atoms with E-state index in [-0.39, 0.29) is 0 Å². The summed E-state index contributed by atoms with van der Waals surface area (Å²) in [5.41, 5.74) is 4.84. The third-order valence-corrected chi connectivity index (χ3v) is 4.88. The molecule has 0 aliphatic rings. The van der Waals surface area contributed by atoms with Gasteiger partial charge in [0.1, 0.15) is 17.4 Å². The lowest BCUT2D eigenvalue weighted by atomic mass is 10.0. The lowest BCUT2D eigenvalue weighted by Crippen LogP contribution is -2.08. The van der Waals surface area contributed by atoms with Crippen molar-refractivity contribution >= 4 is 0 Å². The van der Waals surface area contributed by atoms with E-state index in [1.807, 2.05) is 54.6 Å². The van der Waals surface area contributed by atoms with Crippen LogP contribution in [0.25, 0.3) is 0 Å². The highest BCUT2D eigenvalue weighted by Gasteiger charge is 2.12. The van der Waals surface area contributed by atoms with E-state index in [4.69, 9.17) is 9.72 Å². The summed E-state index contributed by atoms with van der Waals surface area (Å²) in [6, 6.07) is 26.5. The maximum Gasteiger partial charge on any atom is 0.325 e. The summed E-state index contributed by atoms with van der Waals surface area (Å²) in [5.74, 6) is 2.13. The molecule has 0 saturated heterocycles. The average molecular weight is 381 g/mol. The first-order valence-electron chi connectivity index (χ1n) is 9.73. The monoisotopic (exact) mass is 381 g/mol. The Labute approximate surface area is 171 Å². The number of benzene rings is 3. The molecule has 4 nitrogen and oxygen atoms in total. The van der Waals surface area contributed by atoms with Gasteiger partial charge in [-0.25, -0.2) is 4.98 Å². The molecule has 144 valence electrons. The second kappa shape index (κ2) is 8.65. The van der Waals surface area contributed by atoms with Crippen LogP contribution in [0.15, 0.2) is 78.9 Å². The molecule has 4 aromatic rings. The Morgan fingerprint density at radius 2 is 1.07 bits per heavy atom. The Kier molecular flexibility index (Phi) is 5.61. The van der Waals surface area contributed by atoms with Crippen LogP contribution in [-0.4, -0.2) is 15.0 Å². The van der Waals surface area contributed by atoms with Crippen molar-refractivity contribution in [1.29, 1.82) is 0 Å². The zero-order chi connectivity index (χ0) is 20.1. The number of para-hydroxylation sites is 1. The van der Waals surface area contributed by atoms with Crippen LogP contribution >= 0.6 is 0 Å². The normalized spacial score (nSPS) is 10.7. The molecule has 0 aliphatic heterocycles. The lowest BCUT2D eigenvalue weighted by molar-refractivity contribution is 0.433.